The summed E-state index contributed by atoms with van der Waals surface area (Å²) in [5.41, 5.74) is 1.84. The summed E-state index contributed by atoms with van der Waals surface area (Å²) in [5.74, 6) is -0.517. The smallest absolute Gasteiger partial charge is 0.282 e. The molecule has 0 atom stereocenters. The number of amides is 1. The Morgan fingerprint density at radius 3 is 2.55 bits per heavy atom. The molecule has 0 fully saturated rings. The maximum Gasteiger partial charge on any atom is 0.282 e. The van der Waals surface area contributed by atoms with Gasteiger partial charge in [-0.25, -0.2) is 0 Å². The third kappa shape index (κ3) is 2.37. The van der Waals surface area contributed by atoms with E-state index in [9.17, 15) is 14.9 Å². The molecule has 0 spiro atoms. The van der Waals surface area contributed by atoms with Crippen LogP contribution in [0, 0.1) is 24.0 Å². The summed E-state index contributed by atoms with van der Waals surface area (Å²) < 4.78 is 1.64. The lowest BCUT2D eigenvalue weighted by molar-refractivity contribution is -0.385. The molecule has 1 heterocycles. The van der Waals surface area contributed by atoms with E-state index in [0.717, 1.165) is 5.69 Å². The number of benzene rings is 1. The second-order valence-electron chi connectivity index (χ2n) is 4.40. The first-order chi connectivity index (χ1) is 9.41. The van der Waals surface area contributed by atoms with E-state index in [1.54, 1.807) is 24.7 Å². The van der Waals surface area contributed by atoms with Gasteiger partial charge in [0.25, 0.3) is 11.6 Å². The SMILES string of the molecule is Cc1nn(C)c(C)c1NC(=O)c1ccccc1[N+](=O)[O-]. The molecular weight excluding hydrogens is 260 g/mol. The number of aromatic nitrogens is 2. The van der Waals surface area contributed by atoms with Gasteiger partial charge in [-0.2, -0.15) is 5.10 Å². The zero-order valence-corrected chi connectivity index (χ0v) is 11.4. The Balaban J connectivity index is 2.36. The van der Waals surface area contributed by atoms with E-state index in [0.29, 0.717) is 11.4 Å². The third-order valence-corrected chi connectivity index (χ3v) is 3.09. The van der Waals surface area contributed by atoms with Crippen molar-refractivity contribution in [1.29, 1.82) is 0 Å². The van der Waals surface area contributed by atoms with Gasteiger partial charge in [-0.3, -0.25) is 19.6 Å². The predicted octanol–water partition coefficient (Wildman–Crippen LogP) is 2.20. The summed E-state index contributed by atoms with van der Waals surface area (Å²) in [6.07, 6.45) is 0. The highest BCUT2D eigenvalue weighted by molar-refractivity contribution is 6.07. The summed E-state index contributed by atoms with van der Waals surface area (Å²) in [6.45, 7) is 3.58. The molecule has 0 saturated carbocycles. The second kappa shape index (κ2) is 5.12. The number of carbonyl (C=O) groups excluding carboxylic acids is 1. The van der Waals surface area contributed by atoms with Gasteiger partial charge in [-0.1, -0.05) is 12.1 Å². The molecule has 1 aromatic carbocycles. The van der Waals surface area contributed by atoms with Crippen molar-refractivity contribution in [2.24, 2.45) is 7.05 Å². The fourth-order valence-corrected chi connectivity index (χ4v) is 1.96. The van der Waals surface area contributed by atoms with Gasteiger partial charge in [0.05, 0.1) is 22.0 Å². The number of anilines is 1. The molecule has 1 N–H and O–H groups in total. The van der Waals surface area contributed by atoms with Crippen molar-refractivity contribution >= 4 is 17.3 Å². The first kappa shape index (κ1) is 13.7. The van der Waals surface area contributed by atoms with E-state index < -0.39 is 10.8 Å². The van der Waals surface area contributed by atoms with Crippen molar-refractivity contribution in [3.05, 3.63) is 51.3 Å². The molecule has 104 valence electrons. The van der Waals surface area contributed by atoms with Crippen LogP contribution in [0.2, 0.25) is 0 Å². The molecule has 1 amide bonds. The van der Waals surface area contributed by atoms with Gasteiger partial charge >= 0.3 is 0 Å². The molecule has 0 aliphatic carbocycles. The zero-order valence-electron chi connectivity index (χ0n) is 11.4. The Morgan fingerprint density at radius 2 is 2.00 bits per heavy atom. The molecule has 7 nitrogen and oxygen atoms in total. The number of rotatable bonds is 3. The van der Waals surface area contributed by atoms with Crippen molar-refractivity contribution in [1.82, 2.24) is 9.78 Å². The second-order valence-corrected chi connectivity index (χ2v) is 4.40. The molecule has 0 aliphatic heterocycles. The van der Waals surface area contributed by atoms with Crippen molar-refractivity contribution in [2.75, 3.05) is 5.32 Å². The number of nitro groups is 1. The summed E-state index contributed by atoms with van der Waals surface area (Å²) in [6, 6.07) is 5.84. The minimum absolute atomic E-state index is 0.0279. The molecule has 0 saturated heterocycles. The molecular formula is C13H14N4O3. The van der Waals surface area contributed by atoms with Gasteiger partial charge in [0.15, 0.2) is 0 Å². The maximum atomic E-state index is 12.2. The van der Waals surface area contributed by atoms with Crippen LogP contribution in [-0.4, -0.2) is 20.6 Å². The number of nitrogens with one attached hydrogen (secondary N) is 1. The van der Waals surface area contributed by atoms with Gasteiger partial charge in [0.2, 0.25) is 0 Å². The van der Waals surface area contributed by atoms with Gasteiger partial charge in [-0.15, -0.1) is 0 Å². The highest BCUT2D eigenvalue weighted by atomic mass is 16.6. The van der Waals surface area contributed by atoms with Crippen LogP contribution >= 0.6 is 0 Å². The van der Waals surface area contributed by atoms with Gasteiger partial charge in [0.1, 0.15) is 5.56 Å². The molecule has 7 heteroatoms. The van der Waals surface area contributed by atoms with Crippen LogP contribution in [0.5, 0.6) is 0 Å². The van der Waals surface area contributed by atoms with Crippen molar-refractivity contribution < 1.29 is 9.72 Å². The number of nitro benzene ring substituents is 1. The fraction of sp³-hybridized carbons (Fsp3) is 0.231. The van der Waals surface area contributed by atoms with E-state index in [4.69, 9.17) is 0 Å². The Bertz CT molecular complexity index is 691. The van der Waals surface area contributed by atoms with Crippen molar-refractivity contribution in [3.8, 4) is 0 Å². The molecule has 0 aliphatic rings. The van der Waals surface area contributed by atoms with Crippen LogP contribution in [0.3, 0.4) is 0 Å². The largest absolute Gasteiger partial charge is 0.319 e. The number of carbonyl (C=O) groups is 1. The fourth-order valence-electron chi connectivity index (χ4n) is 1.96. The average molecular weight is 274 g/mol. The lowest BCUT2D eigenvalue weighted by Gasteiger charge is -2.06. The van der Waals surface area contributed by atoms with Crippen LogP contribution in [0.4, 0.5) is 11.4 Å². The Hall–Kier alpha value is -2.70. The maximum absolute atomic E-state index is 12.2. The van der Waals surface area contributed by atoms with Gasteiger partial charge < -0.3 is 5.32 Å². The minimum Gasteiger partial charge on any atom is -0.319 e. The highest BCUT2D eigenvalue weighted by Crippen LogP contribution is 2.22. The van der Waals surface area contributed by atoms with Gasteiger partial charge in [-0.05, 0) is 19.9 Å². The summed E-state index contributed by atoms with van der Waals surface area (Å²) in [4.78, 5) is 22.6. The summed E-state index contributed by atoms with van der Waals surface area (Å²) >= 11 is 0. The van der Waals surface area contributed by atoms with Crippen LogP contribution in [-0.2, 0) is 7.05 Å². The standard InChI is InChI=1S/C13H14N4O3/c1-8-12(9(2)16(3)15-8)14-13(18)10-6-4-5-7-11(10)17(19)20/h4-7H,1-3H3,(H,14,18). The minimum atomic E-state index is -0.572. The monoisotopic (exact) mass is 274 g/mol. The topological polar surface area (TPSA) is 90.1 Å². The molecule has 0 unspecified atom stereocenters. The van der Waals surface area contributed by atoms with Crippen LogP contribution < -0.4 is 5.32 Å². The number of hydrogen-bond donors (Lipinski definition) is 1. The van der Waals surface area contributed by atoms with Crippen LogP contribution in [0.15, 0.2) is 24.3 Å². The Morgan fingerprint density at radius 1 is 1.35 bits per heavy atom. The summed E-state index contributed by atoms with van der Waals surface area (Å²) in [7, 11) is 1.77. The van der Waals surface area contributed by atoms with Crippen molar-refractivity contribution in [2.45, 2.75) is 13.8 Å². The zero-order chi connectivity index (χ0) is 14.9. The van der Waals surface area contributed by atoms with E-state index in [1.165, 1.54) is 18.2 Å². The molecule has 0 bridgehead atoms. The number of aryl methyl sites for hydroxylation is 2. The summed E-state index contributed by atoms with van der Waals surface area (Å²) in [5, 5.41) is 17.8. The number of hydrogen-bond acceptors (Lipinski definition) is 4. The lowest BCUT2D eigenvalue weighted by atomic mass is 10.1. The lowest BCUT2D eigenvalue weighted by Crippen LogP contribution is -2.15. The third-order valence-electron chi connectivity index (χ3n) is 3.09. The molecule has 1 aromatic heterocycles. The first-order valence-corrected chi connectivity index (χ1v) is 5.96. The van der Waals surface area contributed by atoms with Gasteiger partial charge in [0, 0.05) is 13.1 Å². The van der Waals surface area contributed by atoms with Crippen LogP contribution in [0.25, 0.3) is 0 Å². The first-order valence-electron chi connectivity index (χ1n) is 5.96. The van der Waals surface area contributed by atoms with Crippen LogP contribution in [0.1, 0.15) is 21.7 Å². The molecule has 2 rings (SSSR count). The van der Waals surface area contributed by atoms with E-state index in [1.807, 2.05) is 6.92 Å². The number of para-hydroxylation sites is 1. The predicted molar refractivity (Wildman–Crippen MR) is 73.7 cm³/mol. The quantitative estimate of drug-likeness (QED) is 0.686. The Kier molecular flexibility index (Phi) is 3.51. The number of nitrogens with zero attached hydrogens (tertiary/aromatic N) is 3. The molecule has 20 heavy (non-hydrogen) atoms. The Labute approximate surface area is 115 Å². The molecule has 2 aromatic rings. The van der Waals surface area contributed by atoms with E-state index >= 15 is 0 Å². The van der Waals surface area contributed by atoms with E-state index in [-0.39, 0.29) is 11.3 Å². The highest BCUT2D eigenvalue weighted by Gasteiger charge is 2.21. The van der Waals surface area contributed by atoms with Crippen molar-refractivity contribution in [3.63, 3.8) is 0 Å². The average Bonchev–Trinajstić information content (AvgIpc) is 2.65. The molecule has 0 radical (unpaired) electrons. The normalized spacial score (nSPS) is 10.3. The van der Waals surface area contributed by atoms with E-state index in [2.05, 4.69) is 10.4 Å².